The van der Waals surface area contributed by atoms with Crippen molar-refractivity contribution in [2.24, 2.45) is 0 Å². The van der Waals surface area contributed by atoms with E-state index in [0.717, 1.165) is 33.1 Å². The zero-order valence-corrected chi connectivity index (χ0v) is 20.7. The maximum Gasteiger partial charge on any atom is 0.0978 e. The third-order valence-electron chi connectivity index (χ3n) is 7.33. The van der Waals surface area contributed by atoms with Crippen molar-refractivity contribution >= 4 is 64.1 Å². The predicted octanol–water partition coefficient (Wildman–Crippen LogP) is 9.64. The SMILES string of the molecule is c1ccc2c(c1)sc1ccc(-c3ccc(-c4ccc5c6ccccc6c6cccnc6c5n4)cc3)cc12. The standard InChI is InChI=1S/C34H20N2S/c1-2-7-25-24(6-1)27-9-5-19-35-33(27)34-28(25)16-17-30(36-34)22-13-11-21(12-14-22)23-15-18-32-29(20-23)26-8-3-4-10-31(26)37-32/h1-20H. The summed E-state index contributed by atoms with van der Waals surface area (Å²) in [4.78, 5) is 9.86. The van der Waals surface area contributed by atoms with Crippen LogP contribution >= 0.6 is 11.3 Å². The van der Waals surface area contributed by atoms with E-state index in [1.165, 1.54) is 42.1 Å². The number of benzene rings is 5. The molecule has 3 aromatic heterocycles. The van der Waals surface area contributed by atoms with Crippen LogP contribution in [-0.2, 0) is 0 Å². The molecule has 37 heavy (non-hydrogen) atoms. The molecule has 8 rings (SSSR count). The van der Waals surface area contributed by atoms with E-state index in [-0.39, 0.29) is 0 Å². The Bertz CT molecular complexity index is 2100. The van der Waals surface area contributed by atoms with Crippen LogP contribution in [0.25, 0.3) is 75.1 Å². The second-order valence-electron chi connectivity index (χ2n) is 9.42. The van der Waals surface area contributed by atoms with Crippen LogP contribution in [0.1, 0.15) is 0 Å². The van der Waals surface area contributed by atoms with E-state index in [0.29, 0.717) is 0 Å². The molecule has 2 nitrogen and oxygen atoms in total. The summed E-state index contributed by atoms with van der Waals surface area (Å²) in [5.41, 5.74) is 6.40. The van der Waals surface area contributed by atoms with E-state index in [2.05, 4.69) is 109 Å². The van der Waals surface area contributed by atoms with E-state index in [1.54, 1.807) is 0 Å². The summed E-state index contributed by atoms with van der Waals surface area (Å²) < 4.78 is 2.66. The first-order valence-electron chi connectivity index (χ1n) is 12.4. The van der Waals surface area contributed by atoms with Crippen LogP contribution in [0.4, 0.5) is 0 Å². The maximum atomic E-state index is 5.13. The predicted molar refractivity (Wildman–Crippen MR) is 158 cm³/mol. The van der Waals surface area contributed by atoms with Gasteiger partial charge in [-0.1, -0.05) is 78.9 Å². The molecule has 0 fully saturated rings. The van der Waals surface area contributed by atoms with E-state index < -0.39 is 0 Å². The fraction of sp³-hybridized carbons (Fsp3) is 0. The molecule has 0 radical (unpaired) electrons. The van der Waals surface area contributed by atoms with Gasteiger partial charge >= 0.3 is 0 Å². The number of rotatable bonds is 2. The average molecular weight is 489 g/mol. The Morgan fingerprint density at radius 1 is 0.432 bits per heavy atom. The lowest BCUT2D eigenvalue weighted by Gasteiger charge is -2.11. The summed E-state index contributed by atoms with van der Waals surface area (Å²) in [5, 5.41) is 7.36. The molecular formula is C34H20N2S. The highest BCUT2D eigenvalue weighted by molar-refractivity contribution is 7.25. The Morgan fingerprint density at radius 3 is 1.92 bits per heavy atom. The van der Waals surface area contributed by atoms with Gasteiger partial charge in [-0.05, 0) is 58.3 Å². The molecule has 5 aromatic carbocycles. The molecule has 3 heteroatoms. The molecule has 0 N–H and O–H groups in total. The summed E-state index contributed by atoms with van der Waals surface area (Å²) in [5.74, 6) is 0. The number of fused-ring (bicyclic) bond motifs is 9. The second kappa shape index (κ2) is 7.95. The highest BCUT2D eigenvalue weighted by Crippen LogP contribution is 2.37. The van der Waals surface area contributed by atoms with Gasteiger partial charge in [0.25, 0.3) is 0 Å². The van der Waals surface area contributed by atoms with Crippen molar-refractivity contribution in [1.82, 2.24) is 9.97 Å². The summed E-state index contributed by atoms with van der Waals surface area (Å²) in [6.45, 7) is 0. The van der Waals surface area contributed by atoms with Gasteiger partial charge in [-0.3, -0.25) is 4.98 Å². The number of thiophene rings is 1. The molecule has 172 valence electrons. The van der Waals surface area contributed by atoms with Crippen molar-refractivity contribution in [3.63, 3.8) is 0 Å². The maximum absolute atomic E-state index is 5.13. The van der Waals surface area contributed by atoms with Gasteiger partial charge in [0.15, 0.2) is 0 Å². The number of hydrogen-bond acceptors (Lipinski definition) is 3. The van der Waals surface area contributed by atoms with Crippen molar-refractivity contribution in [3.05, 3.63) is 121 Å². The lowest BCUT2D eigenvalue weighted by Crippen LogP contribution is -1.91. The van der Waals surface area contributed by atoms with Crippen LogP contribution in [0, 0.1) is 0 Å². The highest BCUT2D eigenvalue weighted by Gasteiger charge is 2.12. The zero-order valence-electron chi connectivity index (χ0n) is 19.8. The van der Waals surface area contributed by atoms with Gasteiger partial charge in [-0.25, -0.2) is 4.98 Å². The van der Waals surface area contributed by atoms with Crippen LogP contribution in [0.3, 0.4) is 0 Å². The largest absolute Gasteiger partial charge is 0.254 e. The topological polar surface area (TPSA) is 25.8 Å². The van der Waals surface area contributed by atoms with Crippen molar-refractivity contribution in [1.29, 1.82) is 0 Å². The van der Waals surface area contributed by atoms with Crippen LogP contribution in [0.5, 0.6) is 0 Å². The first kappa shape index (κ1) is 20.6. The van der Waals surface area contributed by atoms with Gasteiger partial charge in [0.2, 0.25) is 0 Å². The lowest BCUT2D eigenvalue weighted by atomic mass is 9.98. The summed E-state index contributed by atoms with van der Waals surface area (Å²) in [7, 11) is 0. The van der Waals surface area contributed by atoms with Gasteiger partial charge < -0.3 is 0 Å². The van der Waals surface area contributed by atoms with E-state index >= 15 is 0 Å². The normalized spacial score (nSPS) is 11.8. The van der Waals surface area contributed by atoms with Gasteiger partial charge in [0, 0.05) is 42.7 Å². The average Bonchev–Trinajstić information content (AvgIpc) is 3.35. The van der Waals surface area contributed by atoms with Crippen LogP contribution in [-0.4, -0.2) is 9.97 Å². The Balaban J connectivity index is 1.24. The van der Waals surface area contributed by atoms with Gasteiger partial charge in [0.05, 0.1) is 16.7 Å². The molecule has 0 amide bonds. The Labute approximate surface area is 217 Å². The van der Waals surface area contributed by atoms with E-state index in [1.807, 2.05) is 23.6 Å². The number of aromatic nitrogens is 2. The fourth-order valence-electron chi connectivity index (χ4n) is 5.52. The molecule has 0 bridgehead atoms. The molecule has 3 heterocycles. The van der Waals surface area contributed by atoms with Crippen molar-refractivity contribution in [3.8, 4) is 22.4 Å². The molecular weight excluding hydrogens is 468 g/mol. The third kappa shape index (κ3) is 3.18. The quantitative estimate of drug-likeness (QED) is 0.226. The Morgan fingerprint density at radius 2 is 1.08 bits per heavy atom. The van der Waals surface area contributed by atoms with Crippen molar-refractivity contribution in [2.45, 2.75) is 0 Å². The number of pyridine rings is 2. The zero-order chi connectivity index (χ0) is 24.3. The van der Waals surface area contributed by atoms with Crippen molar-refractivity contribution < 1.29 is 0 Å². The van der Waals surface area contributed by atoms with Gasteiger partial charge in [0.1, 0.15) is 0 Å². The lowest BCUT2D eigenvalue weighted by molar-refractivity contribution is 1.37. The monoisotopic (exact) mass is 488 g/mol. The summed E-state index contributed by atoms with van der Waals surface area (Å²) >= 11 is 1.85. The molecule has 0 saturated carbocycles. The molecule has 0 unspecified atom stereocenters. The van der Waals surface area contributed by atoms with Crippen LogP contribution < -0.4 is 0 Å². The minimum atomic E-state index is 0.950. The van der Waals surface area contributed by atoms with E-state index in [4.69, 9.17) is 9.97 Å². The smallest absolute Gasteiger partial charge is 0.0978 e. The minimum Gasteiger partial charge on any atom is -0.254 e. The second-order valence-corrected chi connectivity index (χ2v) is 10.5. The number of hydrogen-bond donors (Lipinski definition) is 0. The van der Waals surface area contributed by atoms with Gasteiger partial charge in [-0.2, -0.15) is 0 Å². The fourth-order valence-corrected chi connectivity index (χ4v) is 6.61. The summed E-state index contributed by atoms with van der Waals surface area (Å²) in [6, 6.07) is 41.2. The molecule has 0 aliphatic heterocycles. The molecule has 0 aliphatic carbocycles. The molecule has 0 atom stereocenters. The van der Waals surface area contributed by atoms with E-state index in [9.17, 15) is 0 Å². The third-order valence-corrected chi connectivity index (χ3v) is 8.48. The highest BCUT2D eigenvalue weighted by atomic mass is 32.1. The Kier molecular flexibility index (Phi) is 4.42. The number of nitrogens with zero attached hydrogens (tertiary/aromatic N) is 2. The molecule has 8 aromatic rings. The van der Waals surface area contributed by atoms with Gasteiger partial charge in [-0.15, -0.1) is 11.3 Å². The first-order chi connectivity index (χ1) is 18.3. The minimum absolute atomic E-state index is 0.950. The molecule has 0 saturated heterocycles. The van der Waals surface area contributed by atoms with Crippen LogP contribution in [0.15, 0.2) is 121 Å². The van der Waals surface area contributed by atoms with Crippen molar-refractivity contribution in [2.75, 3.05) is 0 Å². The molecule has 0 spiro atoms. The Hall–Kier alpha value is -4.60. The van der Waals surface area contributed by atoms with Crippen LogP contribution in [0.2, 0.25) is 0 Å². The molecule has 0 aliphatic rings. The summed E-state index contributed by atoms with van der Waals surface area (Å²) in [6.07, 6.45) is 1.85. The first-order valence-corrected chi connectivity index (χ1v) is 13.2.